The van der Waals surface area contributed by atoms with Crippen molar-refractivity contribution in [2.24, 2.45) is 0 Å². The summed E-state index contributed by atoms with van der Waals surface area (Å²) in [6.07, 6.45) is 3.23. The molecular weight excluding hydrogens is 356 g/mol. The summed E-state index contributed by atoms with van der Waals surface area (Å²) in [5.41, 5.74) is 8.21. The fourth-order valence-corrected chi connectivity index (χ4v) is 3.24. The van der Waals surface area contributed by atoms with Crippen molar-refractivity contribution < 1.29 is 8.42 Å². The van der Waals surface area contributed by atoms with Crippen LogP contribution in [0.25, 0.3) is 0 Å². The minimum absolute atomic E-state index is 0.169. The molecule has 0 fully saturated rings. The van der Waals surface area contributed by atoms with E-state index in [1.165, 1.54) is 12.1 Å². The van der Waals surface area contributed by atoms with Gasteiger partial charge in [0.25, 0.3) is 0 Å². The van der Waals surface area contributed by atoms with Gasteiger partial charge in [0.15, 0.2) is 0 Å². The highest BCUT2D eigenvalue weighted by Crippen LogP contribution is 2.22. The molecule has 21 heavy (non-hydrogen) atoms. The average molecular weight is 373 g/mol. The lowest BCUT2D eigenvalue weighted by Crippen LogP contribution is -2.25. The monoisotopic (exact) mass is 372 g/mol. The molecule has 1 aromatic heterocycles. The van der Waals surface area contributed by atoms with Crippen LogP contribution in [-0.4, -0.2) is 25.2 Å². The highest BCUT2D eigenvalue weighted by molar-refractivity contribution is 9.10. The molecule has 1 heterocycles. The van der Waals surface area contributed by atoms with E-state index < -0.39 is 10.0 Å². The van der Waals surface area contributed by atoms with E-state index in [9.17, 15) is 8.42 Å². The summed E-state index contributed by atoms with van der Waals surface area (Å²) < 4.78 is 27.5. The fourth-order valence-electron chi connectivity index (χ4n) is 1.89. The Hall–Kier alpha value is -1.38. The van der Waals surface area contributed by atoms with Crippen molar-refractivity contribution in [3.05, 3.63) is 40.1 Å². The molecule has 0 spiro atoms. The van der Waals surface area contributed by atoms with E-state index in [4.69, 9.17) is 5.73 Å². The van der Waals surface area contributed by atoms with Gasteiger partial charge < -0.3 is 5.73 Å². The van der Waals surface area contributed by atoms with Gasteiger partial charge in [-0.1, -0.05) is 0 Å². The second kappa shape index (κ2) is 6.59. The number of benzene rings is 1. The van der Waals surface area contributed by atoms with Crippen molar-refractivity contribution in [1.29, 1.82) is 0 Å². The lowest BCUT2D eigenvalue weighted by molar-refractivity contribution is 0.579. The van der Waals surface area contributed by atoms with E-state index in [1.807, 2.05) is 6.92 Å². The van der Waals surface area contributed by atoms with Gasteiger partial charge in [-0.25, -0.2) is 13.1 Å². The number of hydrogen-bond acceptors (Lipinski definition) is 4. The third-order valence-corrected chi connectivity index (χ3v) is 5.31. The summed E-state index contributed by atoms with van der Waals surface area (Å²) in [6, 6.07) is 4.58. The highest BCUT2D eigenvalue weighted by atomic mass is 79.9. The zero-order valence-corrected chi connectivity index (χ0v) is 14.0. The van der Waals surface area contributed by atoms with Crippen LogP contribution in [0.2, 0.25) is 0 Å². The van der Waals surface area contributed by atoms with Gasteiger partial charge in [0, 0.05) is 22.4 Å². The van der Waals surface area contributed by atoms with E-state index in [2.05, 4.69) is 30.8 Å². The summed E-state index contributed by atoms with van der Waals surface area (Å²) in [7, 11) is -3.52. The normalized spacial score (nSPS) is 11.7. The molecule has 1 aromatic carbocycles. The Labute approximate surface area is 132 Å². The third kappa shape index (κ3) is 4.05. The maximum atomic E-state index is 12.1. The lowest BCUT2D eigenvalue weighted by atomic mass is 10.1. The zero-order valence-electron chi connectivity index (χ0n) is 11.6. The first-order chi connectivity index (χ1) is 9.90. The average Bonchev–Trinajstić information content (AvgIpc) is 2.83. The molecule has 2 aromatic rings. The molecule has 6 nitrogen and oxygen atoms in total. The van der Waals surface area contributed by atoms with Gasteiger partial charge in [0.1, 0.15) is 0 Å². The van der Waals surface area contributed by atoms with Crippen LogP contribution in [0.5, 0.6) is 0 Å². The zero-order chi connectivity index (χ0) is 15.5. The number of nitrogens with two attached hydrogens (primary N) is 1. The predicted octanol–water partition coefficient (Wildman–Crippen LogP) is 1.97. The molecular formula is C13H17BrN4O2S. The maximum absolute atomic E-state index is 12.1. The van der Waals surface area contributed by atoms with Crippen LogP contribution in [0.1, 0.15) is 17.7 Å². The van der Waals surface area contributed by atoms with Crippen LogP contribution in [0.4, 0.5) is 5.69 Å². The van der Waals surface area contributed by atoms with Crippen LogP contribution in [0, 0.1) is 6.92 Å². The fraction of sp³-hybridized carbons (Fsp3) is 0.308. The SMILES string of the molecule is Cc1[nH]ncc1CCCNS(=O)(=O)c1ccc(Br)c(N)c1. The Balaban J connectivity index is 1.92. The van der Waals surface area contributed by atoms with Crippen LogP contribution >= 0.6 is 15.9 Å². The number of anilines is 1. The summed E-state index contributed by atoms with van der Waals surface area (Å²) in [4.78, 5) is 0.169. The van der Waals surface area contributed by atoms with Gasteiger partial charge in [-0.05, 0) is 59.5 Å². The van der Waals surface area contributed by atoms with E-state index in [-0.39, 0.29) is 4.90 Å². The van der Waals surface area contributed by atoms with Gasteiger partial charge in [-0.2, -0.15) is 5.10 Å². The molecule has 4 N–H and O–H groups in total. The van der Waals surface area contributed by atoms with Crippen LogP contribution in [0.3, 0.4) is 0 Å². The van der Waals surface area contributed by atoms with Gasteiger partial charge in [0.05, 0.1) is 11.1 Å². The third-order valence-electron chi connectivity index (χ3n) is 3.13. The summed E-state index contributed by atoms with van der Waals surface area (Å²) in [5, 5.41) is 6.79. The molecule has 0 saturated carbocycles. The molecule has 0 radical (unpaired) electrons. The van der Waals surface area contributed by atoms with Crippen LogP contribution in [-0.2, 0) is 16.4 Å². The van der Waals surface area contributed by atoms with Crippen molar-refractivity contribution in [2.45, 2.75) is 24.7 Å². The van der Waals surface area contributed by atoms with Crippen LogP contribution in [0.15, 0.2) is 33.8 Å². The Morgan fingerprint density at radius 2 is 2.19 bits per heavy atom. The predicted molar refractivity (Wildman–Crippen MR) is 85.4 cm³/mol. The van der Waals surface area contributed by atoms with Gasteiger partial charge in [-0.15, -0.1) is 0 Å². The van der Waals surface area contributed by atoms with Crippen molar-refractivity contribution in [3.8, 4) is 0 Å². The minimum atomic E-state index is -3.52. The second-order valence-electron chi connectivity index (χ2n) is 4.70. The number of nitrogens with zero attached hydrogens (tertiary/aromatic N) is 1. The first-order valence-electron chi connectivity index (χ1n) is 6.43. The number of rotatable bonds is 6. The topological polar surface area (TPSA) is 101 Å². The highest BCUT2D eigenvalue weighted by Gasteiger charge is 2.14. The van der Waals surface area contributed by atoms with E-state index in [1.54, 1.807) is 12.3 Å². The Morgan fingerprint density at radius 1 is 1.43 bits per heavy atom. The van der Waals surface area contributed by atoms with Gasteiger partial charge >= 0.3 is 0 Å². The van der Waals surface area contributed by atoms with Gasteiger partial charge in [-0.3, -0.25) is 5.10 Å². The van der Waals surface area contributed by atoms with Crippen LogP contribution < -0.4 is 10.5 Å². The number of sulfonamides is 1. The van der Waals surface area contributed by atoms with Crippen molar-refractivity contribution in [3.63, 3.8) is 0 Å². The molecule has 0 atom stereocenters. The molecule has 0 saturated heterocycles. The van der Waals surface area contributed by atoms with E-state index in [0.29, 0.717) is 23.1 Å². The van der Waals surface area contributed by atoms with E-state index >= 15 is 0 Å². The molecule has 0 unspecified atom stereocenters. The standard InChI is InChI=1S/C13H17BrN4O2S/c1-9-10(8-16-18-9)3-2-6-17-21(19,20)11-4-5-12(14)13(15)7-11/h4-5,7-8,17H,2-3,6,15H2,1H3,(H,16,18). The number of aryl methyl sites for hydroxylation is 2. The summed E-state index contributed by atoms with van der Waals surface area (Å²) in [6.45, 7) is 2.31. The Kier molecular flexibility index (Phi) is 5.02. The second-order valence-corrected chi connectivity index (χ2v) is 7.33. The van der Waals surface area contributed by atoms with Gasteiger partial charge in [0.2, 0.25) is 10.0 Å². The summed E-state index contributed by atoms with van der Waals surface area (Å²) in [5.74, 6) is 0. The molecule has 114 valence electrons. The maximum Gasteiger partial charge on any atom is 0.240 e. The number of aromatic nitrogens is 2. The number of aromatic amines is 1. The quantitative estimate of drug-likeness (QED) is 0.532. The Morgan fingerprint density at radius 3 is 2.81 bits per heavy atom. The minimum Gasteiger partial charge on any atom is -0.398 e. The number of nitrogens with one attached hydrogen (secondary N) is 2. The summed E-state index contributed by atoms with van der Waals surface area (Å²) >= 11 is 3.24. The largest absolute Gasteiger partial charge is 0.398 e. The molecule has 0 aliphatic carbocycles. The first kappa shape index (κ1) is 16.0. The number of hydrogen-bond donors (Lipinski definition) is 3. The molecule has 0 aliphatic rings. The number of H-pyrrole nitrogens is 1. The Bertz CT molecular complexity index is 728. The number of halogens is 1. The number of nitrogen functional groups attached to an aromatic ring is 1. The smallest absolute Gasteiger partial charge is 0.240 e. The molecule has 8 heteroatoms. The lowest BCUT2D eigenvalue weighted by Gasteiger charge is -2.08. The molecule has 0 aliphatic heterocycles. The van der Waals surface area contributed by atoms with Crippen molar-refractivity contribution >= 4 is 31.6 Å². The molecule has 0 amide bonds. The van der Waals surface area contributed by atoms with Crippen molar-refractivity contribution in [2.75, 3.05) is 12.3 Å². The van der Waals surface area contributed by atoms with E-state index in [0.717, 1.165) is 17.7 Å². The first-order valence-corrected chi connectivity index (χ1v) is 8.71. The van der Waals surface area contributed by atoms with Crippen molar-refractivity contribution in [1.82, 2.24) is 14.9 Å². The molecule has 0 bridgehead atoms. The molecule has 2 rings (SSSR count).